The zero-order chi connectivity index (χ0) is 20.1. The summed E-state index contributed by atoms with van der Waals surface area (Å²) < 4.78 is 27.5. The van der Waals surface area contributed by atoms with Crippen molar-refractivity contribution in [1.29, 1.82) is 0 Å². The van der Waals surface area contributed by atoms with Crippen molar-refractivity contribution in [2.24, 2.45) is 0 Å². The molecule has 144 valence electrons. The quantitative estimate of drug-likeness (QED) is 0.649. The summed E-state index contributed by atoms with van der Waals surface area (Å²) in [6, 6.07) is 21.8. The zero-order valence-corrected chi connectivity index (χ0v) is 16.7. The Bertz CT molecular complexity index is 1070. The van der Waals surface area contributed by atoms with E-state index >= 15 is 0 Å². The van der Waals surface area contributed by atoms with E-state index in [-0.39, 0.29) is 10.8 Å². The molecule has 0 aromatic heterocycles. The van der Waals surface area contributed by atoms with Gasteiger partial charge in [-0.25, -0.2) is 8.42 Å². The first kappa shape index (κ1) is 19.9. The summed E-state index contributed by atoms with van der Waals surface area (Å²) in [5.41, 5.74) is 1.71. The van der Waals surface area contributed by atoms with Crippen LogP contribution in [0.3, 0.4) is 0 Å². The van der Waals surface area contributed by atoms with Crippen LogP contribution in [-0.2, 0) is 16.6 Å². The molecule has 3 aromatic rings. The summed E-state index contributed by atoms with van der Waals surface area (Å²) >= 11 is 6.14. The molecule has 0 radical (unpaired) electrons. The summed E-state index contributed by atoms with van der Waals surface area (Å²) in [4.78, 5) is 14.2. The van der Waals surface area contributed by atoms with E-state index in [1.54, 1.807) is 43.4 Å². The maximum Gasteiger partial charge on any atom is 0.261 e. The molecule has 0 aliphatic heterocycles. The third kappa shape index (κ3) is 4.71. The number of sulfonamides is 1. The van der Waals surface area contributed by atoms with E-state index in [2.05, 4.69) is 4.72 Å². The van der Waals surface area contributed by atoms with Crippen molar-refractivity contribution in [2.45, 2.75) is 11.4 Å². The molecule has 0 saturated carbocycles. The van der Waals surface area contributed by atoms with Crippen molar-refractivity contribution >= 4 is 33.2 Å². The Hall–Kier alpha value is -2.83. The SMILES string of the molecule is CN(Cc1ccccc1Cl)C(=O)c1ccc(S(=O)(=O)Nc2ccccc2)cc1. The first-order valence-corrected chi connectivity index (χ1v) is 10.4. The second-order valence-electron chi connectivity index (χ2n) is 6.25. The Labute approximate surface area is 169 Å². The second kappa shape index (κ2) is 8.46. The average molecular weight is 415 g/mol. The molecule has 0 aliphatic rings. The van der Waals surface area contributed by atoms with Gasteiger partial charge < -0.3 is 4.90 Å². The van der Waals surface area contributed by atoms with Gasteiger partial charge in [-0.15, -0.1) is 0 Å². The van der Waals surface area contributed by atoms with Crippen LogP contribution in [0.5, 0.6) is 0 Å². The van der Waals surface area contributed by atoms with Crippen molar-refractivity contribution in [3.05, 3.63) is 95.0 Å². The first-order valence-electron chi connectivity index (χ1n) is 8.53. The smallest absolute Gasteiger partial charge is 0.261 e. The molecule has 0 unspecified atom stereocenters. The summed E-state index contributed by atoms with van der Waals surface area (Å²) in [5.74, 6) is -0.222. The molecule has 28 heavy (non-hydrogen) atoms. The van der Waals surface area contributed by atoms with Crippen molar-refractivity contribution in [3.8, 4) is 0 Å². The van der Waals surface area contributed by atoms with Gasteiger partial charge in [-0.1, -0.05) is 48.0 Å². The normalized spacial score (nSPS) is 11.1. The van der Waals surface area contributed by atoms with Gasteiger partial charge in [0.25, 0.3) is 15.9 Å². The third-order valence-corrected chi connectivity index (χ3v) is 5.92. The molecule has 7 heteroatoms. The van der Waals surface area contributed by atoms with Gasteiger partial charge in [0.15, 0.2) is 0 Å². The van der Waals surface area contributed by atoms with Crippen LogP contribution in [-0.4, -0.2) is 26.3 Å². The molecule has 5 nitrogen and oxygen atoms in total. The van der Waals surface area contributed by atoms with Crippen LogP contribution in [0.2, 0.25) is 5.02 Å². The third-order valence-electron chi connectivity index (χ3n) is 4.15. The number of benzene rings is 3. The highest BCUT2D eigenvalue weighted by atomic mass is 35.5. The molecular formula is C21H19ClN2O3S. The number of hydrogen-bond acceptors (Lipinski definition) is 3. The minimum Gasteiger partial charge on any atom is -0.337 e. The molecule has 1 N–H and O–H groups in total. The number of amides is 1. The fourth-order valence-corrected chi connectivity index (χ4v) is 3.93. The van der Waals surface area contributed by atoms with Gasteiger partial charge in [0, 0.05) is 29.9 Å². The maximum absolute atomic E-state index is 12.6. The zero-order valence-electron chi connectivity index (χ0n) is 15.2. The van der Waals surface area contributed by atoms with E-state index in [0.717, 1.165) is 5.56 Å². The van der Waals surface area contributed by atoms with E-state index in [1.807, 2.05) is 18.2 Å². The second-order valence-corrected chi connectivity index (χ2v) is 8.34. The molecule has 0 spiro atoms. The predicted octanol–water partition coefficient (Wildman–Crippen LogP) is 4.41. The lowest BCUT2D eigenvalue weighted by atomic mass is 10.1. The molecule has 1 amide bonds. The maximum atomic E-state index is 12.6. The Morgan fingerprint density at radius 2 is 1.54 bits per heavy atom. The monoisotopic (exact) mass is 414 g/mol. The molecule has 3 rings (SSSR count). The summed E-state index contributed by atoms with van der Waals surface area (Å²) in [5, 5.41) is 0.593. The van der Waals surface area contributed by atoms with Crippen molar-refractivity contribution < 1.29 is 13.2 Å². The number of nitrogens with one attached hydrogen (secondary N) is 1. The number of nitrogens with zero attached hydrogens (tertiary/aromatic N) is 1. The molecule has 0 fully saturated rings. The van der Waals surface area contributed by atoms with E-state index in [1.165, 1.54) is 29.2 Å². The van der Waals surface area contributed by atoms with E-state index < -0.39 is 10.0 Å². The average Bonchev–Trinajstić information content (AvgIpc) is 2.69. The van der Waals surface area contributed by atoms with Gasteiger partial charge in [-0.2, -0.15) is 0 Å². The van der Waals surface area contributed by atoms with Gasteiger partial charge in [0.05, 0.1) is 4.90 Å². The number of hydrogen-bond donors (Lipinski definition) is 1. The number of para-hydroxylation sites is 1. The topological polar surface area (TPSA) is 66.5 Å². The van der Waals surface area contributed by atoms with Gasteiger partial charge in [-0.3, -0.25) is 9.52 Å². The summed E-state index contributed by atoms with van der Waals surface area (Å²) in [6.45, 7) is 0.355. The Balaban J connectivity index is 1.72. The molecule has 0 bridgehead atoms. The van der Waals surface area contributed by atoms with Crippen LogP contribution in [0.1, 0.15) is 15.9 Å². The molecule has 0 heterocycles. The molecule has 0 aliphatic carbocycles. The molecule has 0 saturated heterocycles. The van der Waals surface area contributed by atoms with Crippen molar-refractivity contribution in [3.63, 3.8) is 0 Å². The number of anilines is 1. The lowest BCUT2D eigenvalue weighted by molar-refractivity contribution is 0.0785. The minimum absolute atomic E-state index is 0.0849. The van der Waals surface area contributed by atoms with Crippen LogP contribution in [0, 0.1) is 0 Å². The van der Waals surface area contributed by atoms with Gasteiger partial charge in [0.1, 0.15) is 0 Å². The highest BCUT2D eigenvalue weighted by molar-refractivity contribution is 7.92. The number of rotatable bonds is 6. The van der Waals surface area contributed by atoms with Crippen LogP contribution in [0.4, 0.5) is 5.69 Å². The van der Waals surface area contributed by atoms with Crippen LogP contribution < -0.4 is 4.72 Å². The van der Waals surface area contributed by atoms with E-state index in [9.17, 15) is 13.2 Å². The first-order chi connectivity index (χ1) is 13.4. The largest absolute Gasteiger partial charge is 0.337 e. The Morgan fingerprint density at radius 1 is 0.929 bits per heavy atom. The number of carbonyl (C=O) groups excluding carboxylic acids is 1. The summed E-state index contributed by atoms with van der Waals surface area (Å²) in [7, 11) is -2.05. The van der Waals surface area contributed by atoms with E-state index in [0.29, 0.717) is 22.8 Å². The van der Waals surface area contributed by atoms with Gasteiger partial charge in [-0.05, 0) is 48.0 Å². The highest BCUT2D eigenvalue weighted by Crippen LogP contribution is 2.19. The van der Waals surface area contributed by atoms with Crippen LogP contribution in [0.25, 0.3) is 0 Å². The van der Waals surface area contributed by atoms with Gasteiger partial charge >= 0.3 is 0 Å². The molecule has 0 atom stereocenters. The lowest BCUT2D eigenvalue weighted by Crippen LogP contribution is -2.26. The standard InChI is InChI=1S/C21H19ClN2O3S/c1-24(15-17-7-5-6-10-20(17)22)21(25)16-11-13-19(14-12-16)28(26,27)23-18-8-3-2-4-9-18/h2-14,23H,15H2,1H3. The minimum atomic E-state index is -3.72. The van der Waals surface area contributed by atoms with Crippen molar-refractivity contribution in [2.75, 3.05) is 11.8 Å². The highest BCUT2D eigenvalue weighted by Gasteiger charge is 2.17. The molecule has 3 aromatic carbocycles. The molecular weight excluding hydrogens is 396 g/mol. The summed E-state index contributed by atoms with van der Waals surface area (Å²) in [6.07, 6.45) is 0. The number of carbonyl (C=O) groups is 1. The van der Waals surface area contributed by atoms with Crippen molar-refractivity contribution in [1.82, 2.24) is 4.90 Å². The Morgan fingerprint density at radius 3 is 2.18 bits per heavy atom. The lowest BCUT2D eigenvalue weighted by Gasteiger charge is -2.18. The van der Waals surface area contributed by atoms with Gasteiger partial charge in [0.2, 0.25) is 0 Å². The van der Waals surface area contributed by atoms with E-state index in [4.69, 9.17) is 11.6 Å². The fourth-order valence-electron chi connectivity index (χ4n) is 2.67. The number of halogens is 1. The van der Waals surface area contributed by atoms with Crippen LogP contribution >= 0.6 is 11.6 Å². The predicted molar refractivity (Wildman–Crippen MR) is 111 cm³/mol. The Kier molecular flexibility index (Phi) is 6.02. The fraction of sp³-hybridized carbons (Fsp3) is 0.0952. The van der Waals surface area contributed by atoms with Crippen LogP contribution in [0.15, 0.2) is 83.8 Å².